The molecule has 1 fully saturated rings. The zero-order chi connectivity index (χ0) is 11.4. The Morgan fingerprint density at radius 1 is 1.50 bits per heavy atom. The Bertz CT molecular complexity index is 330. The second kappa shape index (κ2) is 5.46. The van der Waals surface area contributed by atoms with E-state index in [9.17, 15) is 0 Å². The number of hydrogen-bond donors (Lipinski definition) is 2. The summed E-state index contributed by atoms with van der Waals surface area (Å²) in [6.45, 7) is 3.93. The number of aryl methyl sites for hydroxylation is 1. The molecule has 0 spiro atoms. The van der Waals surface area contributed by atoms with E-state index in [0.29, 0.717) is 11.3 Å². The van der Waals surface area contributed by atoms with Crippen LogP contribution in [0.5, 0.6) is 0 Å². The molecule has 88 valence electrons. The highest BCUT2D eigenvalue weighted by Gasteiger charge is 2.12. The van der Waals surface area contributed by atoms with Crippen LogP contribution >= 0.6 is 11.6 Å². The Balaban J connectivity index is 1.88. The topological polar surface area (TPSA) is 49.8 Å². The first-order chi connectivity index (χ1) is 7.74. The molecule has 2 N–H and O–H groups in total. The van der Waals surface area contributed by atoms with Gasteiger partial charge >= 0.3 is 0 Å². The van der Waals surface area contributed by atoms with Gasteiger partial charge in [-0.3, -0.25) is 0 Å². The Morgan fingerprint density at radius 3 is 3.06 bits per heavy atom. The average Bonchev–Trinajstić information content (AvgIpc) is 2.27. The van der Waals surface area contributed by atoms with Crippen LogP contribution in [-0.4, -0.2) is 29.1 Å². The summed E-state index contributed by atoms with van der Waals surface area (Å²) in [7, 11) is 0. The van der Waals surface area contributed by atoms with Crippen molar-refractivity contribution < 1.29 is 0 Å². The van der Waals surface area contributed by atoms with Crippen molar-refractivity contribution in [3.63, 3.8) is 0 Å². The average molecular weight is 241 g/mol. The van der Waals surface area contributed by atoms with E-state index in [-0.39, 0.29) is 0 Å². The highest BCUT2D eigenvalue weighted by atomic mass is 35.5. The van der Waals surface area contributed by atoms with Crippen molar-refractivity contribution in [1.82, 2.24) is 15.3 Å². The fraction of sp³-hybridized carbons (Fsp3) is 0.636. The molecule has 0 amide bonds. The van der Waals surface area contributed by atoms with E-state index >= 15 is 0 Å². The van der Waals surface area contributed by atoms with E-state index in [1.165, 1.54) is 19.3 Å². The van der Waals surface area contributed by atoms with E-state index < -0.39 is 0 Å². The summed E-state index contributed by atoms with van der Waals surface area (Å²) in [6, 6.07) is 2.46. The predicted molar refractivity (Wildman–Crippen MR) is 65.9 cm³/mol. The molecule has 0 saturated carbocycles. The first kappa shape index (κ1) is 11.6. The highest BCUT2D eigenvalue weighted by molar-refractivity contribution is 6.28. The van der Waals surface area contributed by atoms with E-state index in [2.05, 4.69) is 20.6 Å². The van der Waals surface area contributed by atoms with E-state index in [4.69, 9.17) is 11.6 Å². The van der Waals surface area contributed by atoms with Crippen LogP contribution in [0.15, 0.2) is 6.07 Å². The lowest BCUT2D eigenvalue weighted by atomic mass is 10.1. The van der Waals surface area contributed by atoms with Crippen LogP contribution in [-0.2, 0) is 0 Å². The lowest BCUT2D eigenvalue weighted by molar-refractivity contribution is 0.414. The van der Waals surface area contributed by atoms with E-state index in [0.717, 1.165) is 24.6 Å². The monoisotopic (exact) mass is 240 g/mol. The molecule has 0 aliphatic carbocycles. The van der Waals surface area contributed by atoms with Gasteiger partial charge in [0.15, 0.2) is 0 Å². The third-order valence-electron chi connectivity index (χ3n) is 2.77. The molecule has 0 bridgehead atoms. The molecule has 0 radical (unpaired) electrons. The number of hydrogen-bond acceptors (Lipinski definition) is 4. The van der Waals surface area contributed by atoms with Gasteiger partial charge in [0.1, 0.15) is 5.82 Å². The molecule has 1 atom stereocenters. The van der Waals surface area contributed by atoms with Crippen LogP contribution in [0.2, 0.25) is 5.28 Å². The maximum absolute atomic E-state index is 5.79. The van der Waals surface area contributed by atoms with Crippen LogP contribution < -0.4 is 10.6 Å². The third-order valence-corrected chi connectivity index (χ3v) is 2.94. The maximum Gasteiger partial charge on any atom is 0.224 e. The quantitative estimate of drug-likeness (QED) is 0.794. The zero-order valence-corrected chi connectivity index (χ0v) is 10.2. The standard InChI is InChI=1S/C11H17ClN4/c1-8-6-10(16-11(12)15-8)14-7-9-4-2-3-5-13-9/h6,9,13H,2-5,7H2,1H3,(H,14,15,16)/t9-/m1/s1. The number of anilines is 1. The van der Waals surface area contributed by atoms with Crippen molar-refractivity contribution in [1.29, 1.82) is 0 Å². The van der Waals surface area contributed by atoms with Crippen LogP contribution in [0.25, 0.3) is 0 Å². The van der Waals surface area contributed by atoms with Crippen molar-refractivity contribution in [2.45, 2.75) is 32.2 Å². The third kappa shape index (κ3) is 3.32. The molecule has 0 unspecified atom stereocenters. The summed E-state index contributed by atoms with van der Waals surface area (Å²) in [4.78, 5) is 8.16. The van der Waals surface area contributed by atoms with Crippen molar-refractivity contribution in [3.8, 4) is 0 Å². The van der Waals surface area contributed by atoms with Gasteiger partial charge in [-0.2, -0.15) is 0 Å². The summed E-state index contributed by atoms with van der Waals surface area (Å²) in [6.07, 6.45) is 3.82. The highest BCUT2D eigenvalue weighted by Crippen LogP contribution is 2.11. The van der Waals surface area contributed by atoms with Gasteiger partial charge in [0.2, 0.25) is 5.28 Å². The van der Waals surface area contributed by atoms with Gasteiger partial charge in [0.05, 0.1) is 0 Å². The van der Waals surface area contributed by atoms with Gasteiger partial charge in [-0.05, 0) is 37.9 Å². The molecule has 1 aliphatic rings. The Kier molecular flexibility index (Phi) is 3.96. The number of piperidine rings is 1. The molecule has 4 nitrogen and oxygen atoms in total. The summed E-state index contributed by atoms with van der Waals surface area (Å²) in [5.41, 5.74) is 0.888. The first-order valence-electron chi connectivity index (χ1n) is 5.72. The zero-order valence-electron chi connectivity index (χ0n) is 9.46. The van der Waals surface area contributed by atoms with Crippen LogP contribution in [0.3, 0.4) is 0 Å². The van der Waals surface area contributed by atoms with Crippen molar-refractivity contribution in [2.75, 3.05) is 18.4 Å². The molecule has 1 aromatic rings. The van der Waals surface area contributed by atoms with Crippen molar-refractivity contribution in [3.05, 3.63) is 17.0 Å². The van der Waals surface area contributed by atoms with Crippen molar-refractivity contribution in [2.24, 2.45) is 0 Å². The van der Waals surface area contributed by atoms with Crippen LogP contribution in [0.4, 0.5) is 5.82 Å². The summed E-state index contributed by atoms with van der Waals surface area (Å²) in [5.74, 6) is 0.810. The normalized spacial score (nSPS) is 20.8. The predicted octanol–water partition coefficient (Wildman–Crippen LogP) is 1.99. The Morgan fingerprint density at radius 2 is 2.38 bits per heavy atom. The van der Waals surface area contributed by atoms with Gasteiger partial charge in [-0.1, -0.05) is 6.42 Å². The van der Waals surface area contributed by atoms with Crippen LogP contribution in [0.1, 0.15) is 25.0 Å². The summed E-state index contributed by atoms with van der Waals surface area (Å²) in [5, 5.41) is 7.08. The number of nitrogens with one attached hydrogen (secondary N) is 2. The summed E-state index contributed by atoms with van der Waals surface area (Å²) < 4.78 is 0. The molecule has 1 aromatic heterocycles. The minimum atomic E-state index is 0.305. The van der Waals surface area contributed by atoms with Gasteiger partial charge in [-0.25, -0.2) is 9.97 Å². The molecule has 0 aromatic carbocycles. The lowest BCUT2D eigenvalue weighted by Crippen LogP contribution is -2.39. The second-order valence-corrected chi connectivity index (χ2v) is 4.53. The largest absolute Gasteiger partial charge is 0.368 e. The Hall–Kier alpha value is -0.870. The molecule has 5 heteroatoms. The van der Waals surface area contributed by atoms with Gasteiger partial charge in [0, 0.05) is 24.3 Å². The van der Waals surface area contributed by atoms with E-state index in [1.807, 2.05) is 13.0 Å². The maximum atomic E-state index is 5.79. The van der Waals surface area contributed by atoms with Crippen molar-refractivity contribution >= 4 is 17.4 Å². The fourth-order valence-electron chi connectivity index (χ4n) is 1.95. The number of halogens is 1. The SMILES string of the molecule is Cc1cc(NC[C@H]2CCCCN2)nc(Cl)n1. The number of nitrogens with zero attached hydrogens (tertiary/aromatic N) is 2. The molecule has 16 heavy (non-hydrogen) atoms. The molecular formula is C11H17ClN4. The molecule has 1 aliphatic heterocycles. The first-order valence-corrected chi connectivity index (χ1v) is 6.10. The van der Waals surface area contributed by atoms with Gasteiger partial charge in [-0.15, -0.1) is 0 Å². The fourth-order valence-corrected chi connectivity index (χ4v) is 2.17. The van der Waals surface area contributed by atoms with Gasteiger partial charge < -0.3 is 10.6 Å². The summed E-state index contributed by atoms with van der Waals surface area (Å²) >= 11 is 5.79. The van der Waals surface area contributed by atoms with Gasteiger partial charge in [0.25, 0.3) is 0 Å². The van der Waals surface area contributed by atoms with E-state index in [1.54, 1.807) is 0 Å². The second-order valence-electron chi connectivity index (χ2n) is 4.19. The van der Waals surface area contributed by atoms with Crippen LogP contribution in [0, 0.1) is 6.92 Å². The molecular weight excluding hydrogens is 224 g/mol. The molecule has 2 rings (SSSR count). The minimum Gasteiger partial charge on any atom is -0.368 e. The molecule has 1 saturated heterocycles. The smallest absolute Gasteiger partial charge is 0.224 e. The molecule has 2 heterocycles. The Labute approximate surface area is 101 Å². The minimum absolute atomic E-state index is 0.305. The number of aromatic nitrogens is 2. The lowest BCUT2D eigenvalue weighted by Gasteiger charge is -2.23. The number of rotatable bonds is 3.